The number of carbonyl (C=O) groups is 1. The lowest BCUT2D eigenvalue weighted by Crippen LogP contribution is -2.52. The van der Waals surface area contributed by atoms with Gasteiger partial charge in [-0.15, -0.1) is 12.4 Å². The Kier molecular flexibility index (Phi) is 6.64. The van der Waals surface area contributed by atoms with Gasteiger partial charge in [-0.25, -0.2) is 0 Å². The Hall–Kier alpha value is -1.26. The first-order valence-corrected chi connectivity index (χ1v) is 11.8. The Morgan fingerprint density at radius 2 is 1.97 bits per heavy atom. The normalized spacial score (nSPS) is 30.9. The van der Waals surface area contributed by atoms with Gasteiger partial charge in [0.05, 0.1) is 12.5 Å². The summed E-state index contributed by atoms with van der Waals surface area (Å²) in [6.45, 7) is 3.04. The Bertz CT molecular complexity index is 744. The molecular formula is C25H37ClN2O2. The molecular weight excluding hydrogens is 396 g/mol. The number of rotatable bonds is 7. The van der Waals surface area contributed by atoms with E-state index in [0.717, 1.165) is 56.4 Å². The second-order valence-corrected chi connectivity index (χ2v) is 10.2. The largest absolute Gasteiger partial charge is 0.497 e. The van der Waals surface area contributed by atoms with Crippen molar-refractivity contribution in [1.29, 1.82) is 0 Å². The van der Waals surface area contributed by atoms with E-state index in [0.29, 0.717) is 17.9 Å². The Balaban J connectivity index is 0.00000218. The highest BCUT2D eigenvalue weighted by molar-refractivity contribution is 5.85. The maximum absolute atomic E-state index is 13.9. The smallest absolute Gasteiger partial charge is 0.229 e. The average molecular weight is 433 g/mol. The molecule has 0 radical (unpaired) electrons. The van der Waals surface area contributed by atoms with Crippen molar-refractivity contribution >= 4 is 18.3 Å². The molecule has 0 aromatic heterocycles. The highest BCUT2D eigenvalue weighted by Crippen LogP contribution is 2.58. The number of hydrogen-bond donors (Lipinski definition) is 1. The number of methoxy groups -OCH3 is 1. The molecule has 1 N–H and O–H groups in total. The fourth-order valence-electron chi connectivity index (χ4n) is 6.40. The van der Waals surface area contributed by atoms with Crippen molar-refractivity contribution in [2.45, 2.75) is 63.8 Å². The van der Waals surface area contributed by atoms with E-state index in [4.69, 9.17) is 4.74 Å². The van der Waals surface area contributed by atoms with E-state index in [1.165, 1.54) is 44.2 Å². The minimum absolute atomic E-state index is 0. The molecule has 1 heterocycles. The number of halogens is 1. The maximum atomic E-state index is 13.9. The van der Waals surface area contributed by atoms with E-state index in [2.05, 4.69) is 28.4 Å². The van der Waals surface area contributed by atoms with Crippen LogP contribution < -0.4 is 10.1 Å². The summed E-state index contributed by atoms with van der Waals surface area (Å²) in [6, 6.07) is 8.98. The third-order valence-corrected chi connectivity index (χ3v) is 8.23. The van der Waals surface area contributed by atoms with Crippen molar-refractivity contribution in [3.63, 3.8) is 0 Å². The monoisotopic (exact) mass is 432 g/mol. The number of carbonyl (C=O) groups excluding carboxylic acids is 1. The number of fused-ring (bicyclic) bond motifs is 2. The van der Waals surface area contributed by atoms with Crippen molar-refractivity contribution in [3.8, 4) is 5.75 Å². The molecule has 4 nitrogen and oxygen atoms in total. The molecule has 4 aliphatic rings. The summed E-state index contributed by atoms with van der Waals surface area (Å²) < 4.78 is 5.44. The zero-order chi connectivity index (χ0) is 19.8. The molecule has 5 heteroatoms. The van der Waals surface area contributed by atoms with Crippen molar-refractivity contribution in [2.75, 3.05) is 26.7 Å². The quantitative estimate of drug-likeness (QED) is 0.691. The molecule has 166 valence electrons. The molecule has 1 aromatic carbocycles. The minimum Gasteiger partial charge on any atom is -0.497 e. The summed E-state index contributed by atoms with van der Waals surface area (Å²) in [4.78, 5) is 16.1. The predicted molar refractivity (Wildman–Crippen MR) is 122 cm³/mol. The molecule has 3 aliphatic carbocycles. The Morgan fingerprint density at radius 3 is 2.60 bits per heavy atom. The number of hydrogen-bond acceptors (Lipinski definition) is 3. The number of amides is 1. The zero-order valence-corrected chi connectivity index (χ0v) is 19.1. The van der Waals surface area contributed by atoms with E-state index in [-0.39, 0.29) is 17.8 Å². The summed E-state index contributed by atoms with van der Waals surface area (Å²) in [5.41, 5.74) is 1.08. The van der Waals surface area contributed by atoms with Crippen molar-refractivity contribution in [3.05, 3.63) is 29.8 Å². The number of likely N-dealkylation sites (tertiary alicyclic amines) is 1. The topological polar surface area (TPSA) is 41.6 Å². The van der Waals surface area contributed by atoms with Crippen LogP contribution in [0.25, 0.3) is 0 Å². The molecule has 1 amide bonds. The van der Waals surface area contributed by atoms with Gasteiger partial charge in [-0.2, -0.15) is 0 Å². The summed E-state index contributed by atoms with van der Waals surface area (Å²) in [5, 5.41) is 3.75. The molecule has 3 atom stereocenters. The van der Waals surface area contributed by atoms with Gasteiger partial charge in [0.25, 0.3) is 0 Å². The Morgan fingerprint density at radius 1 is 1.17 bits per heavy atom. The molecule has 1 aliphatic heterocycles. The molecule has 5 rings (SSSR count). The van der Waals surface area contributed by atoms with Crippen molar-refractivity contribution < 1.29 is 9.53 Å². The van der Waals surface area contributed by atoms with Gasteiger partial charge >= 0.3 is 0 Å². The lowest BCUT2D eigenvalue weighted by Gasteiger charge is -2.43. The number of ether oxygens (including phenoxy) is 1. The number of piperidine rings is 1. The molecule has 4 fully saturated rings. The molecule has 30 heavy (non-hydrogen) atoms. The fraction of sp³-hybridized carbons (Fsp3) is 0.720. The molecule has 0 spiro atoms. The van der Waals surface area contributed by atoms with Crippen molar-refractivity contribution in [1.82, 2.24) is 10.2 Å². The maximum Gasteiger partial charge on any atom is 0.229 e. The fourth-order valence-corrected chi connectivity index (χ4v) is 6.40. The first-order valence-electron chi connectivity index (χ1n) is 11.8. The van der Waals surface area contributed by atoms with Gasteiger partial charge < -0.3 is 15.0 Å². The summed E-state index contributed by atoms with van der Waals surface area (Å²) >= 11 is 0. The van der Waals surface area contributed by atoms with Crippen LogP contribution >= 0.6 is 12.4 Å². The first-order chi connectivity index (χ1) is 14.2. The van der Waals surface area contributed by atoms with Crippen LogP contribution in [0.3, 0.4) is 0 Å². The second kappa shape index (κ2) is 9.08. The minimum atomic E-state index is -0.177. The van der Waals surface area contributed by atoms with E-state index >= 15 is 0 Å². The SMILES string of the molecule is COc1cccc(CC2(C(=O)N3CCC(NCC4CC4)CC3)CC3CCC2C3)c1.Cl. The van der Waals surface area contributed by atoms with Crippen LogP contribution in [0.15, 0.2) is 24.3 Å². The highest BCUT2D eigenvalue weighted by Gasteiger charge is 2.56. The van der Waals surface area contributed by atoms with Gasteiger partial charge in [-0.1, -0.05) is 18.6 Å². The van der Waals surface area contributed by atoms with Gasteiger partial charge in [0.15, 0.2) is 0 Å². The Labute approximate surface area is 187 Å². The van der Waals surface area contributed by atoms with Gasteiger partial charge in [-0.05, 0) is 93.4 Å². The molecule has 1 saturated heterocycles. The number of nitrogens with one attached hydrogen (secondary N) is 1. The highest BCUT2D eigenvalue weighted by atomic mass is 35.5. The van der Waals surface area contributed by atoms with E-state index in [9.17, 15) is 4.79 Å². The van der Waals surface area contributed by atoms with E-state index < -0.39 is 0 Å². The molecule has 2 bridgehead atoms. The van der Waals surface area contributed by atoms with Crippen LogP contribution in [-0.4, -0.2) is 43.6 Å². The average Bonchev–Trinajstić information content (AvgIpc) is 3.38. The van der Waals surface area contributed by atoms with Crippen LogP contribution in [0.5, 0.6) is 5.75 Å². The first kappa shape index (κ1) is 22.0. The van der Waals surface area contributed by atoms with Crippen LogP contribution in [0.4, 0.5) is 0 Å². The summed E-state index contributed by atoms with van der Waals surface area (Å²) in [7, 11) is 1.72. The van der Waals surface area contributed by atoms with E-state index in [1.54, 1.807) is 7.11 Å². The van der Waals surface area contributed by atoms with Gasteiger partial charge in [0.1, 0.15) is 5.75 Å². The summed E-state index contributed by atoms with van der Waals surface area (Å²) in [5.74, 6) is 3.60. The lowest BCUT2D eigenvalue weighted by atomic mass is 9.68. The van der Waals surface area contributed by atoms with Gasteiger partial charge in [0.2, 0.25) is 5.91 Å². The summed E-state index contributed by atoms with van der Waals surface area (Å²) in [6.07, 6.45) is 10.8. The van der Waals surface area contributed by atoms with E-state index in [1.807, 2.05) is 6.07 Å². The predicted octanol–water partition coefficient (Wildman–Crippen LogP) is 4.46. The number of nitrogens with zero attached hydrogens (tertiary/aromatic N) is 1. The van der Waals surface area contributed by atoms with Crippen LogP contribution in [0.1, 0.15) is 56.9 Å². The lowest BCUT2D eigenvalue weighted by molar-refractivity contribution is -0.146. The third-order valence-electron chi connectivity index (χ3n) is 8.23. The standard InChI is InChI=1S/C25H36N2O2.ClH/c1-29-23-4-2-3-19(14-23)15-25(16-20-7-8-21(25)13-20)24(28)27-11-9-22(10-12-27)26-17-18-5-6-18;/h2-4,14,18,20-22,26H,5-13,15-17H2,1H3;1H. The zero-order valence-electron chi connectivity index (χ0n) is 18.3. The third kappa shape index (κ3) is 4.36. The van der Waals surface area contributed by atoms with Crippen LogP contribution in [-0.2, 0) is 11.2 Å². The molecule has 3 unspecified atom stereocenters. The van der Waals surface area contributed by atoms with Crippen LogP contribution in [0.2, 0.25) is 0 Å². The van der Waals surface area contributed by atoms with Gasteiger partial charge in [0, 0.05) is 19.1 Å². The number of benzene rings is 1. The van der Waals surface area contributed by atoms with Crippen molar-refractivity contribution in [2.24, 2.45) is 23.2 Å². The van der Waals surface area contributed by atoms with Gasteiger partial charge in [-0.3, -0.25) is 4.79 Å². The molecule has 1 aromatic rings. The second-order valence-electron chi connectivity index (χ2n) is 10.2. The van der Waals surface area contributed by atoms with Crippen LogP contribution in [0, 0.1) is 23.2 Å². The molecule has 3 saturated carbocycles.